The van der Waals surface area contributed by atoms with Crippen LogP contribution in [0.5, 0.6) is 0 Å². The van der Waals surface area contributed by atoms with E-state index in [0.717, 1.165) is 13.2 Å². The Morgan fingerprint density at radius 1 is 1.43 bits per heavy atom. The van der Waals surface area contributed by atoms with E-state index in [4.69, 9.17) is 9.16 Å². The van der Waals surface area contributed by atoms with Crippen molar-refractivity contribution in [2.45, 2.75) is 51.9 Å². The molecule has 3 heteroatoms. The lowest BCUT2D eigenvalue weighted by Crippen LogP contribution is -2.42. The van der Waals surface area contributed by atoms with Gasteiger partial charge < -0.3 is 9.16 Å². The zero-order chi connectivity index (χ0) is 11.0. The minimum absolute atomic E-state index is 0.317. The van der Waals surface area contributed by atoms with Crippen LogP contribution >= 0.6 is 0 Å². The van der Waals surface area contributed by atoms with Gasteiger partial charge in [0.25, 0.3) is 0 Å². The molecule has 1 saturated heterocycles. The number of hydrogen-bond acceptors (Lipinski definition) is 2. The summed E-state index contributed by atoms with van der Waals surface area (Å²) in [4.78, 5) is 0. The van der Waals surface area contributed by atoms with E-state index in [0.29, 0.717) is 17.1 Å². The monoisotopic (exact) mass is 216 g/mol. The van der Waals surface area contributed by atoms with Crippen LogP contribution in [0.2, 0.25) is 18.1 Å². The van der Waals surface area contributed by atoms with Crippen LogP contribution in [0.25, 0.3) is 0 Å². The van der Waals surface area contributed by atoms with Crippen LogP contribution in [0.1, 0.15) is 27.7 Å². The highest BCUT2D eigenvalue weighted by Gasteiger charge is 2.38. The highest BCUT2D eigenvalue weighted by atomic mass is 28.4. The van der Waals surface area contributed by atoms with Crippen LogP contribution in [-0.4, -0.2) is 27.6 Å². The number of hydrogen-bond donors (Lipinski definition) is 0. The molecule has 0 aliphatic carbocycles. The Morgan fingerprint density at radius 3 is 2.29 bits per heavy atom. The van der Waals surface area contributed by atoms with Crippen molar-refractivity contribution in [3.8, 4) is 0 Å². The van der Waals surface area contributed by atoms with Gasteiger partial charge in [0.2, 0.25) is 0 Å². The quantitative estimate of drug-likeness (QED) is 0.532. The maximum atomic E-state index is 6.12. The van der Waals surface area contributed by atoms with Crippen molar-refractivity contribution in [2.75, 3.05) is 13.2 Å². The van der Waals surface area contributed by atoms with Crippen LogP contribution in [0.15, 0.2) is 0 Å². The summed E-state index contributed by atoms with van der Waals surface area (Å²) in [6.07, 6.45) is 0.472. The normalized spacial score (nSPS) is 24.9. The largest absolute Gasteiger partial charge is 0.416 e. The molecule has 2 atom stereocenters. The number of epoxide rings is 1. The Morgan fingerprint density at radius 2 is 1.93 bits per heavy atom. The molecule has 0 N–H and O–H groups in total. The molecule has 0 aromatic heterocycles. The average molecular weight is 216 g/mol. The molecule has 1 rings (SSSR count). The summed E-state index contributed by atoms with van der Waals surface area (Å²) in [6, 6.07) is 0. The summed E-state index contributed by atoms with van der Waals surface area (Å²) in [7, 11) is -1.54. The molecule has 0 spiro atoms. The van der Waals surface area contributed by atoms with Gasteiger partial charge in [0.1, 0.15) is 0 Å². The molecule has 84 valence electrons. The maximum absolute atomic E-state index is 6.12. The average Bonchev–Trinajstić information content (AvgIpc) is 2.80. The summed E-state index contributed by atoms with van der Waals surface area (Å²) in [5.74, 6) is 0.559. The second kappa shape index (κ2) is 3.95. The molecule has 0 saturated carbocycles. The third-order valence-corrected chi connectivity index (χ3v) is 8.01. The van der Waals surface area contributed by atoms with E-state index in [2.05, 4.69) is 40.8 Å². The van der Waals surface area contributed by atoms with Gasteiger partial charge in [-0.25, -0.2) is 0 Å². The lowest BCUT2D eigenvalue weighted by Gasteiger charge is -2.36. The Labute approximate surface area is 89.1 Å². The lowest BCUT2D eigenvalue weighted by molar-refractivity contribution is 0.207. The van der Waals surface area contributed by atoms with E-state index in [1.54, 1.807) is 0 Å². The van der Waals surface area contributed by atoms with Crippen LogP contribution in [-0.2, 0) is 9.16 Å². The van der Waals surface area contributed by atoms with Crippen molar-refractivity contribution in [3.05, 3.63) is 0 Å². The smallest absolute Gasteiger partial charge is 0.191 e. The predicted molar refractivity (Wildman–Crippen MR) is 62.1 cm³/mol. The molecule has 0 unspecified atom stereocenters. The van der Waals surface area contributed by atoms with Crippen molar-refractivity contribution >= 4 is 8.32 Å². The van der Waals surface area contributed by atoms with Gasteiger partial charge in [-0.15, -0.1) is 0 Å². The van der Waals surface area contributed by atoms with Crippen LogP contribution < -0.4 is 0 Å². The fourth-order valence-corrected chi connectivity index (χ4v) is 2.16. The Kier molecular flexibility index (Phi) is 3.44. The summed E-state index contributed by atoms with van der Waals surface area (Å²) >= 11 is 0. The SMILES string of the molecule is C[C@@H](CO[Si](C)(C)C(C)(C)C)[C@@H]1CO1. The van der Waals surface area contributed by atoms with Crippen molar-refractivity contribution in [2.24, 2.45) is 5.92 Å². The lowest BCUT2D eigenvalue weighted by atomic mass is 10.1. The maximum Gasteiger partial charge on any atom is 0.191 e. The first kappa shape index (κ1) is 12.2. The molecular formula is C11H24O2Si. The van der Waals surface area contributed by atoms with Crippen LogP contribution in [0.3, 0.4) is 0 Å². The molecule has 1 fully saturated rings. The Hall–Kier alpha value is 0.137. The fourth-order valence-electron chi connectivity index (χ4n) is 1.05. The fraction of sp³-hybridized carbons (Fsp3) is 1.00. The molecule has 1 heterocycles. The van der Waals surface area contributed by atoms with E-state index >= 15 is 0 Å². The van der Waals surface area contributed by atoms with Crippen molar-refractivity contribution in [3.63, 3.8) is 0 Å². The van der Waals surface area contributed by atoms with Crippen molar-refractivity contribution in [1.29, 1.82) is 0 Å². The van der Waals surface area contributed by atoms with Crippen molar-refractivity contribution in [1.82, 2.24) is 0 Å². The molecule has 0 bridgehead atoms. The molecule has 14 heavy (non-hydrogen) atoms. The van der Waals surface area contributed by atoms with Gasteiger partial charge in [-0.2, -0.15) is 0 Å². The standard InChI is InChI=1S/C11H24O2Si/c1-9(10-8-12-10)7-13-14(5,6)11(2,3)4/h9-10H,7-8H2,1-6H3/t9-,10-/m0/s1. The molecule has 1 aliphatic heterocycles. The van der Waals surface area contributed by atoms with Gasteiger partial charge in [0, 0.05) is 12.5 Å². The molecular weight excluding hydrogens is 192 g/mol. The van der Waals surface area contributed by atoms with Crippen LogP contribution in [0, 0.1) is 5.92 Å². The second-order valence-corrected chi connectivity index (χ2v) is 10.7. The highest BCUT2D eigenvalue weighted by molar-refractivity contribution is 6.74. The first-order chi connectivity index (χ1) is 6.24. The molecule has 1 aliphatic rings. The summed E-state index contributed by atoms with van der Waals surface area (Å²) in [5.41, 5.74) is 0. The van der Waals surface area contributed by atoms with Gasteiger partial charge in [-0.05, 0) is 18.1 Å². The Bertz CT molecular complexity index is 192. The van der Waals surface area contributed by atoms with E-state index < -0.39 is 8.32 Å². The molecule has 0 radical (unpaired) electrons. The zero-order valence-electron chi connectivity index (χ0n) is 10.4. The van der Waals surface area contributed by atoms with Crippen LogP contribution in [0.4, 0.5) is 0 Å². The first-order valence-corrected chi connectivity index (χ1v) is 8.40. The minimum atomic E-state index is -1.54. The molecule has 0 amide bonds. The summed E-state index contributed by atoms with van der Waals surface area (Å²) < 4.78 is 11.4. The van der Waals surface area contributed by atoms with Gasteiger partial charge in [0.15, 0.2) is 8.32 Å². The van der Waals surface area contributed by atoms with E-state index in [-0.39, 0.29) is 0 Å². The first-order valence-electron chi connectivity index (χ1n) is 5.49. The van der Waals surface area contributed by atoms with Gasteiger partial charge in [0.05, 0.1) is 12.7 Å². The predicted octanol–water partition coefficient (Wildman–Crippen LogP) is 3.04. The highest BCUT2D eigenvalue weighted by Crippen LogP contribution is 2.37. The van der Waals surface area contributed by atoms with Crippen molar-refractivity contribution < 1.29 is 9.16 Å². The third-order valence-electron chi connectivity index (χ3n) is 3.51. The number of ether oxygens (including phenoxy) is 1. The van der Waals surface area contributed by atoms with E-state index in [1.807, 2.05) is 0 Å². The topological polar surface area (TPSA) is 21.8 Å². The Balaban J connectivity index is 2.35. The summed E-state index contributed by atoms with van der Waals surface area (Å²) in [6.45, 7) is 15.4. The zero-order valence-corrected chi connectivity index (χ0v) is 11.4. The summed E-state index contributed by atoms with van der Waals surface area (Å²) in [5, 5.41) is 0.317. The second-order valence-electron chi connectivity index (χ2n) is 5.92. The van der Waals surface area contributed by atoms with E-state index in [1.165, 1.54) is 0 Å². The van der Waals surface area contributed by atoms with Gasteiger partial charge in [-0.3, -0.25) is 0 Å². The van der Waals surface area contributed by atoms with E-state index in [9.17, 15) is 0 Å². The molecule has 0 aromatic rings. The minimum Gasteiger partial charge on any atom is -0.416 e. The van der Waals surface area contributed by atoms with Gasteiger partial charge in [-0.1, -0.05) is 27.7 Å². The molecule has 2 nitrogen and oxygen atoms in total. The number of rotatable bonds is 4. The third kappa shape index (κ3) is 3.07. The molecule has 0 aromatic carbocycles. The van der Waals surface area contributed by atoms with Gasteiger partial charge >= 0.3 is 0 Å².